The maximum atomic E-state index is 11.7. The van der Waals surface area contributed by atoms with Gasteiger partial charge in [-0.2, -0.15) is 0 Å². The molecule has 15 heavy (non-hydrogen) atoms. The molecule has 0 aromatic heterocycles. The number of amides is 3. The molecule has 2 fully saturated rings. The highest BCUT2D eigenvalue weighted by Crippen LogP contribution is 2.40. The lowest BCUT2D eigenvalue weighted by atomic mass is 9.97. The van der Waals surface area contributed by atoms with E-state index in [0.29, 0.717) is 12.8 Å². The second kappa shape index (κ2) is 3.22. The van der Waals surface area contributed by atoms with E-state index in [1.807, 2.05) is 26.0 Å². The van der Waals surface area contributed by atoms with E-state index in [-0.39, 0.29) is 11.9 Å². The van der Waals surface area contributed by atoms with Crippen molar-refractivity contribution in [1.29, 1.82) is 0 Å². The van der Waals surface area contributed by atoms with Gasteiger partial charge in [-0.3, -0.25) is 10.1 Å². The van der Waals surface area contributed by atoms with Crippen LogP contribution in [0.2, 0.25) is 0 Å². The number of hydrogen-bond donors (Lipinski definition) is 2. The van der Waals surface area contributed by atoms with Gasteiger partial charge < -0.3 is 5.32 Å². The molecule has 0 atom stereocenters. The minimum Gasteiger partial charge on any atom is -0.323 e. The molecule has 2 rings (SSSR count). The van der Waals surface area contributed by atoms with Crippen LogP contribution in [0.4, 0.5) is 4.79 Å². The summed E-state index contributed by atoms with van der Waals surface area (Å²) < 4.78 is 0. The summed E-state index contributed by atoms with van der Waals surface area (Å²) in [5.41, 5.74) is 1.57. The quantitative estimate of drug-likeness (QED) is 0.586. The number of carbonyl (C=O) groups excluding carboxylic acids is 2. The van der Waals surface area contributed by atoms with Crippen LogP contribution >= 0.6 is 0 Å². The Hall–Kier alpha value is -1.58. The third-order valence-electron chi connectivity index (χ3n) is 3.11. The summed E-state index contributed by atoms with van der Waals surface area (Å²) in [6.07, 6.45) is 5.20. The predicted molar refractivity (Wildman–Crippen MR) is 56.2 cm³/mol. The molecule has 2 N–H and O–H groups in total. The van der Waals surface area contributed by atoms with Crippen molar-refractivity contribution in [2.45, 2.75) is 32.2 Å². The lowest BCUT2D eigenvalue weighted by Crippen LogP contribution is -2.43. The highest BCUT2D eigenvalue weighted by Gasteiger charge is 2.50. The molecule has 2 aliphatic rings. The van der Waals surface area contributed by atoms with Crippen molar-refractivity contribution in [2.75, 3.05) is 0 Å². The molecule has 0 radical (unpaired) electrons. The minimum absolute atomic E-state index is 0.205. The number of carbonyl (C=O) groups is 2. The Bertz CT molecular complexity index is 373. The van der Waals surface area contributed by atoms with Gasteiger partial charge in [0.2, 0.25) is 0 Å². The number of hydrogen-bond acceptors (Lipinski definition) is 2. The van der Waals surface area contributed by atoms with E-state index in [9.17, 15) is 9.59 Å². The standard InChI is InChI=1S/C11H14N2O2/c1-3-7-5-11(6-8(7)4-2)9(14)12-10(15)13-11/h3-4H,5-6H2,1-2H3,(H2,12,13,14,15). The van der Waals surface area contributed by atoms with Crippen LogP contribution in [0.3, 0.4) is 0 Å². The van der Waals surface area contributed by atoms with Crippen LogP contribution in [-0.2, 0) is 4.79 Å². The topological polar surface area (TPSA) is 58.2 Å². The average molecular weight is 206 g/mol. The summed E-state index contributed by atoms with van der Waals surface area (Å²) in [6, 6.07) is -0.382. The van der Waals surface area contributed by atoms with Crippen LogP contribution < -0.4 is 10.6 Å². The highest BCUT2D eigenvalue weighted by molar-refractivity contribution is 6.08. The summed E-state index contributed by atoms with van der Waals surface area (Å²) in [5, 5.41) is 5.02. The summed E-state index contributed by atoms with van der Waals surface area (Å²) >= 11 is 0. The molecule has 0 aromatic carbocycles. The Balaban J connectivity index is 2.35. The van der Waals surface area contributed by atoms with Crippen molar-refractivity contribution >= 4 is 11.9 Å². The van der Waals surface area contributed by atoms with Crippen LogP contribution in [-0.4, -0.2) is 17.5 Å². The fourth-order valence-corrected chi connectivity index (χ4v) is 2.29. The number of rotatable bonds is 0. The van der Waals surface area contributed by atoms with Crippen molar-refractivity contribution in [2.24, 2.45) is 0 Å². The molecule has 4 heteroatoms. The van der Waals surface area contributed by atoms with E-state index in [2.05, 4.69) is 10.6 Å². The van der Waals surface area contributed by atoms with E-state index < -0.39 is 5.54 Å². The monoisotopic (exact) mass is 206 g/mol. The van der Waals surface area contributed by atoms with Gasteiger partial charge in [-0.1, -0.05) is 12.2 Å². The molecule has 1 saturated carbocycles. The molecular formula is C11H14N2O2. The lowest BCUT2D eigenvalue weighted by molar-refractivity contribution is -0.123. The van der Waals surface area contributed by atoms with Gasteiger partial charge in [-0.15, -0.1) is 0 Å². The first-order valence-electron chi connectivity index (χ1n) is 5.05. The zero-order valence-electron chi connectivity index (χ0n) is 8.89. The van der Waals surface area contributed by atoms with Gasteiger partial charge in [-0.05, 0) is 25.0 Å². The Morgan fingerprint density at radius 3 is 2.00 bits per heavy atom. The van der Waals surface area contributed by atoms with Crippen molar-refractivity contribution in [3.63, 3.8) is 0 Å². The second-order valence-electron chi connectivity index (χ2n) is 3.97. The molecule has 1 heterocycles. The predicted octanol–water partition coefficient (Wildman–Crippen LogP) is 1.25. The minimum atomic E-state index is -0.721. The second-order valence-corrected chi connectivity index (χ2v) is 3.97. The zero-order valence-corrected chi connectivity index (χ0v) is 8.89. The summed E-state index contributed by atoms with van der Waals surface area (Å²) in [7, 11) is 0. The SMILES string of the molecule is CC=C1CC2(CC1=CC)NC(=O)NC2=O. The lowest BCUT2D eigenvalue weighted by Gasteiger charge is -2.17. The van der Waals surface area contributed by atoms with Gasteiger partial charge in [0, 0.05) is 12.8 Å². The highest BCUT2D eigenvalue weighted by atomic mass is 16.2. The summed E-state index contributed by atoms with van der Waals surface area (Å²) in [6.45, 7) is 3.90. The number of allylic oxidation sites excluding steroid dienone is 2. The normalized spacial score (nSPS) is 35.3. The van der Waals surface area contributed by atoms with Crippen LogP contribution in [0.5, 0.6) is 0 Å². The fraction of sp³-hybridized carbons (Fsp3) is 0.455. The van der Waals surface area contributed by atoms with Crippen LogP contribution in [0.25, 0.3) is 0 Å². The Labute approximate surface area is 88.4 Å². The van der Waals surface area contributed by atoms with Gasteiger partial charge in [0.25, 0.3) is 5.91 Å². The average Bonchev–Trinajstić information content (AvgIpc) is 2.69. The Morgan fingerprint density at radius 1 is 1.13 bits per heavy atom. The first-order valence-corrected chi connectivity index (χ1v) is 5.05. The molecule has 1 spiro atoms. The first kappa shape index (κ1) is 9.96. The van der Waals surface area contributed by atoms with Crippen LogP contribution in [0, 0.1) is 0 Å². The summed E-state index contributed by atoms with van der Waals surface area (Å²) in [5.74, 6) is -0.205. The summed E-state index contributed by atoms with van der Waals surface area (Å²) in [4.78, 5) is 22.8. The third-order valence-corrected chi connectivity index (χ3v) is 3.11. The molecule has 4 nitrogen and oxygen atoms in total. The van der Waals surface area contributed by atoms with Gasteiger partial charge in [0.1, 0.15) is 5.54 Å². The molecule has 0 aromatic rings. The molecular weight excluding hydrogens is 192 g/mol. The van der Waals surface area contributed by atoms with Crippen molar-refractivity contribution in [3.05, 3.63) is 23.3 Å². The molecule has 1 aliphatic heterocycles. The van der Waals surface area contributed by atoms with E-state index in [1.54, 1.807) is 0 Å². The van der Waals surface area contributed by atoms with Crippen molar-refractivity contribution in [3.8, 4) is 0 Å². The Kier molecular flexibility index (Phi) is 2.14. The third kappa shape index (κ3) is 1.37. The number of urea groups is 1. The van der Waals surface area contributed by atoms with Crippen molar-refractivity contribution < 1.29 is 9.59 Å². The molecule has 0 bridgehead atoms. The maximum absolute atomic E-state index is 11.7. The van der Waals surface area contributed by atoms with Gasteiger partial charge >= 0.3 is 6.03 Å². The van der Waals surface area contributed by atoms with Crippen molar-refractivity contribution in [1.82, 2.24) is 10.6 Å². The van der Waals surface area contributed by atoms with Gasteiger partial charge in [0.05, 0.1) is 0 Å². The number of nitrogens with one attached hydrogen (secondary N) is 2. The molecule has 0 unspecified atom stereocenters. The van der Waals surface area contributed by atoms with E-state index in [4.69, 9.17) is 0 Å². The maximum Gasteiger partial charge on any atom is 0.322 e. The van der Waals surface area contributed by atoms with Gasteiger partial charge in [0.15, 0.2) is 0 Å². The Morgan fingerprint density at radius 2 is 1.67 bits per heavy atom. The van der Waals surface area contributed by atoms with Gasteiger partial charge in [-0.25, -0.2) is 4.79 Å². The van der Waals surface area contributed by atoms with Crippen LogP contribution in [0.15, 0.2) is 23.3 Å². The van der Waals surface area contributed by atoms with E-state index in [0.717, 1.165) is 11.1 Å². The molecule has 1 saturated heterocycles. The van der Waals surface area contributed by atoms with Crippen LogP contribution in [0.1, 0.15) is 26.7 Å². The smallest absolute Gasteiger partial charge is 0.322 e. The molecule has 3 amide bonds. The van der Waals surface area contributed by atoms with E-state index in [1.165, 1.54) is 0 Å². The first-order chi connectivity index (χ1) is 7.11. The zero-order chi connectivity index (χ0) is 11.1. The fourth-order valence-electron chi connectivity index (χ4n) is 2.29. The molecule has 80 valence electrons. The largest absolute Gasteiger partial charge is 0.323 e. The molecule has 1 aliphatic carbocycles. The number of imide groups is 1. The van der Waals surface area contributed by atoms with E-state index >= 15 is 0 Å².